The molecule has 0 aromatic heterocycles. The molecule has 0 aliphatic rings. The van der Waals surface area contributed by atoms with Gasteiger partial charge in [-0.15, -0.1) is 0 Å². The topological polar surface area (TPSA) is 101 Å². The number of hydrogen-bond acceptors (Lipinski definition) is 4. The van der Waals surface area contributed by atoms with Crippen LogP contribution in [-0.4, -0.2) is 37.5 Å². The van der Waals surface area contributed by atoms with Crippen molar-refractivity contribution in [2.24, 2.45) is 0 Å². The standard InChI is InChI=1S/C20H39NO5S/c22-18-14-13-17-21-20(23)16-12-10-8-6-4-2-1-3-5-7-9-11-15-19-27(24,25)26/h18H,1-17,19H2,(H,21,23)(H,24,25,26). The second-order valence-electron chi connectivity index (χ2n) is 7.29. The summed E-state index contributed by atoms with van der Waals surface area (Å²) in [7, 11) is -3.78. The van der Waals surface area contributed by atoms with E-state index in [1.54, 1.807) is 0 Å². The SMILES string of the molecule is O=CCCCNC(=O)CCCCCCCCCCCCCCCS(=O)(=O)O. The fourth-order valence-corrected chi connectivity index (χ4v) is 3.59. The molecule has 7 heteroatoms. The average molecular weight is 406 g/mol. The van der Waals surface area contributed by atoms with E-state index in [1.165, 1.54) is 44.9 Å². The van der Waals surface area contributed by atoms with Gasteiger partial charge in [0.2, 0.25) is 5.91 Å². The molecule has 0 aliphatic carbocycles. The summed E-state index contributed by atoms with van der Waals surface area (Å²) in [6.45, 7) is 0.599. The molecular formula is C20H39NO5S. The largest absolute Gasteiger partial charge is 0.356 e. The summed E-state index contributed by atoms with van der Waals surface area (Å²) in [5, 5.41) is 2.84. The van der Waals surface area contributed by atoms with E-state index in [4.69, 9.17) is 4.55 Å². The number of nitrogens with one attached hydrogen (secondary N) is 1. The molecule has 0 bridgehead atoms. The van der Waals surface area contributed by atoms with E-state index in [9.17, 15) is 18.0 Å². The van der Waals surface area contributed by atoms with Crippen LogP contribution in [0.2, 0.25) is 0 Å². The summed E-state index contributed by atoms with van der Waals surface area (Å²) >= 11 is 0. The van der Waals surface area contributed by atoms with Crippen molar-refractivity contribution in [2.75, 3.05) is 12.3 Å². The quantitative estimate of drug-likeness (QED) is 0.177. The molecule has 0 aromatic carbocycles. The molecule has 0 aromatic rings. The van der Waals surface area contributed by atoms with Crippen LogP contribution in [0.1, 0.15) is 103 Å². The van der Waals surface area contributed by atoms with Crippen molar-refractivity contribution in [3.63, 3.8) is 0 Å². The van der Waals surface area contributed by atoms with Gasteiger partial charge in [-0.1, -0.05) is 70.6 Å². The summed E-state index contributed by atoms with van der Waals surface area (Å²) in [6, 6.07) is 0. The summed E-state index contributed by atoms with van der Waals surface area (Å²) in [5.74, 6) is -0.0158. The minimum atomic E-state index is -3.78. The van der Waals surface area contributed by atoms with Crippen LogP contribution in [0, 0.1) is 0 Å². The minimum absolute atomic E-state index is 0.0962. The smallest absolute Gasteiger partial charge is 0.264 e. The van der Waals surface area contributed by atoms with Crippen LogP contribution in [0.25, 0.3) is 0 Å². The molecule has 27 heavy (non-hydrogen) atoms. The molecule has 0 saturated carbocycles. The Hall–Kier alpha value is -0.950. The number of carbonyl (C=O) groups is 2. The van der Waals surface area contributed by atoms with Gasteiger partial charge in [0.1, 0.15) is 6.29 Å². The van der Waals surface area contributed by atoms with Gasteiger partial charge in [0.25, 0.3) is 10.1 Å². The van der Waals surface area contributed by atoms with Crippen LogP contribution < -0.4 is 5.32 Å². The Bertz CT molecular complexity index is 465. The van der Waals surface area contributed by atoms with Gasteiger partial charge in [-0.3, -0.25) is 9.35 Å². The van der Waals surface area contributed by atoms with Gasteiger partial charge >= 0.3 is 0 Å². The molecule has 0 rings (SSSR count). The summed E-state index contributed by atoms with van der Waals surface area (Å²) in [5.41, 5.74) is 0. The fraction of sp³-hybridized carbons (Fsp3) is 0.900. The van der Waals surface area contributed by atoms with Gasteiger partial charge in [0.05, 0.1) is 5.75 Å². The second-order valence-corrected chi connectivity index (χ2v) is 8.86. The lowest BCUT2D eigenvalue weighted by molar-refractivity contribution is -0.121. The van der Waals surface area contributed by atoms with Crippen molar-refractivity contribution < 1.29 is 22.6 Å². The van der Waals surface area contributed by atoms with Crippen molar-refractivity contribution in [2.45, 2.75) is 103 Å². The van der Waals surface area contributed by atoms with E-state index in [0.29, 0.717) is 25.8 Å². The molecule has 0 aliphatic heterocycles. The maximum absolute atomic E-state index is 11.5. The molecule has 0 saturated heterocycles. The zero-order valence-electron chi connectivity index (χ0n) is 16.8. The van der Waals surface area contributed by atoms with Crippen LogP contribution in [-0.2, 0) is 19.7 Å². The van der Waals surface area contributed by atoms with Gasteiger partial charge in [-0.05, 0) is 19.3 Å². The Morgan fingerprint density at radius 2 is 1.19 bits per heavy atom. The Morgan fingerprint density at radius 3 is 1.63 bits per heavy atom. The normalized spacial score (nSPS) is 11.4. The highest BCUT2D eigenvalue weighted by atomic mass is 32.2. The lowest BCUT2D eigenvalue weighted by atomic mass is 10.0. The lowest BCUT2D eigenvalue weighted by Gasteiger charge is -2.04. The van der Waals surface area contributed by atoms with E-state index >= 15 is 0 Å². The highest BCUT2D eigenvalue weighted by molar-refractivity contribution is 7.85. The average Bonchev–Trinajstić information content (AvgIpc) is 2.61. The molecule has 0 radical (unpaired) electrons. The van der Waals surface area contributed by atoms with Gasteiger partial charge in [-0.25, -0.2) is 0 Å². The second kappa shape index (κ2) is 18.4. The molecular weight excluding hydrogens is 366 g/mol. The minimum Gasteiger partial charge on any atom is -0.356 e. The zero-order valence-corrected chi connectivity index (χ0v) is 17.6. The van der Waals surface area contributed by atoms with Gasteiger partial charge in [0, 0.05) is 19.4 Å². The molecule has 0 heterocycles. The molecule has 1 amide bonds. The number of rotatable bonds is 20. The van der Waals surface area contributed by atoms with Crippen molar-refractivity contribution >= 4 is 22.3 Å². The third-order valence-electron chi connectivity index (χ3n) is 4.63. The Kier molecular flexibility index (Phi) is 17.8. The number of hydrogen-bond donors (Lipinski definition) is 2. The van der Waals surface area contributed by atoms with Crippen LogP contribution >= 0.6 is 0 Å². The first-order valence-corrected chi connectivity index (χ1v) is 12.2. The summed E-state index contributed by atoms with van der Waals surface area (Å²) in [4.78, 5) is 21.7. The van der Waals surface area contributed by atoms with Crippen LogP contribution in [0.4, 0.5) is 0 Å². The van der Waals surface area contributed by atoms with E-state index in [1.807, 2.05) is 0 Å². The van der Waals surface area contributed by atoms with Gasteiger partial charge < -0.3 is 10.1 Å². The van der Waals surface area contributed by atoms with E-state index in [2.05, 4.69) is 5.32 Å². The van der Waals surface area contributed by atoms with E-state index in [-0.39, 0.29) is 11.7 Å². The highest BCUT2D eigenvalue weighted by Gasteiger charge is 2.03. The third-order valence-corrected chi connectivity index (χ3v) is 5.43. The Balaban J connectivity index is 3.16. The number of amides is 1. The van der Waals surface area contributed by atoms with Crippen LogP contribution in [0.5, 0.6) is 0 Å². The Morgan fingerprint density at radius 1 is 0.741 bits per heavy atom. The monoisotopic (exact) mass is 405 g/mol. The Labute approximate surface area is 165 Å². The van der Waals surface area contributed by atoms with Crippen molar-refractivity contribution in [1.82, 2.24) is 5.32 Å². The summed E-state index contributed by atoms with van der Waals surface area (Å²) in [6.07, 6.45) is 17.0. The first-order valence-electron chi connectivity index (χ1n) is 10.6. The molecule has 0 fully saturated rings. The molecule has 0 atom stereocenters. The van der Waals surface area contributed by atoms with Crippen LogP contribution in [0.3, 0.4) is 0 Å². The maximum Gasteiger partial charge on any atom is 0.264 e. The third kappa shape index (κ3) is 23.0. The van der Waals surface area contributed by atoms with Crippen molar-refractivity contribution in [3.8, 4) is 0 Å². The predicted octanol–water partition coefficient (Wildman–Crippen LogP) is 4.43. The molecule has 6 nitrogen and oxygen atoms in total. The fourth-order valence-electron chi connectivity index (χ4n) is 3.02. The number of carbonyl (C=O) groups excluding carboxylic acids is 2. The molecule has 2 N–H and O–H groups in total. The van der Waals surface area contributed by atoms with Crippen molar-refractivity contribution in [1.29, 1.82) is 0 Å². The molecule has 0 unspecified atom stereocenters. The number of unbranched alkanes of at least 4 members (excludes halogenated alkanes) is 13. The van der Waals surface area contributed by atoms with Crippen molar-refractivity contribution in [3.05, 3.63) is 0 Å². The molecule has 160 valence electrons. The van der Waals surface area contributed by atoms with Gasteiger partial charge in [-0.2, -0.15) is 8.42 Å². The van der Waals surface area contributed by atoms with Crippen LogP contribution in [0.15, 0.2) is 0 Å². The number of aldehydes is 1. The first-order chi connectivity index (χ1) is 13.0. The zero-order chi connectivity index (χ0) is 20.2. The highest BCUT2D eigenvalue weighted by Crippen LogP contribution is 2.13. The first kappa shape index (κ1) is 26.1. The maximum atomic E-state index is 11.5. The summed E-state index contributed by atoms with van der Waals surface area (Å²) < 4.78 is 29.8. The van der Waals surface area contributed by atoms with E-state index < -0.39 is 10.1 Å². The molecule has 0 spiro atoms. The predicted molar refractivity (Wildman–Crippen MR) is 109 cm³/mol. The van der Waals surface area contributed by atoms with Gasteiger partial charge in [0.15, 0.2) is 0 Å². The lowest BCUT2D eigenvalue weighted by Crippen LogP contribution is -2.24. The van der Waals surface area contributed by atoms with E-state index in [0.717, 1.165) is 44.8 Å².